The van der Waals surface area contributed by atoms with E-state index in [2.05, 4.69) is 18.8 Å². The molecule has 1 atom stereocenters. The number of hydrogen-bond acceptors (Lipinski definition) is 4. The molecule has 0 saturated carbocycles. The highest BCUT2D eigenvalue weighted by molar-refractivity contribution is 6.67. The third kappa shape index (κ3) is 3.74. The normalized spacial score (nSPS) is 14.5. The first-order valence-electron chi connectivity index (χ1n) is 4.68. The lowest BCUT2D eigenvalue weighted by atomic mass is 10.4. The number of nitrogens with two attached hydrogens (primary N) is 1. The van der Waals surface area contributed by atoms with E-state index in [1.165, 1.54) is 0 Å². The van der Waals surface area contributed by atoms with Crippen molar-refractivity contribution in [1.29, 1.82) is 0 Å². The summed E-state index contributed by atoms with van der Waals surface area (Å²) in [5.41, 5.74) is 5.74. The molecule has 0 aliphatic carbocycles. The summed E-state index contributed by atoms with van der Waals surface area (Å²) in [6.45, 7) is 5.64. The van der Waals surface area contributed by atoms with Gasteiger partial charge in [-0.15, -0.1) is 0 Å². The van der Waals surface area contributed by atoms with Gasteiger partial charge < -0.3 is 19.9 Å². The van der Waals surface area contributed by atoms with E-state index in [9.17, 15) is 0 Å². The molecule has 5 heteroatoms. The van der Waals surface area contributed by atoms with Crippen LogP contribution in [0.2, 0.25) is 6.55 Å². The zero-order valence-electron chi connectivity index (χ0n) is 9.09. The van der Waals surface area contributed by atoms with E-state index in [4.69, 9.17) is 14.6 Å². The van der Waals surface area contributed by atoms with Crippen molar-refractivity contribution in [1.82, 2.24) is 5.32 Å². The van der Waals surface area contributed by atoms with Crippen LogP contribution >= 0.6 is 0 Å². The molecular formula is C8H22N2O2Si. The predicted octanol–water partition coefficient (Wildman–Crippen LogP) is 0.217. The fraction of sp³-hybridized carbons (Fsp3) is 1.00. The van der Waals surface area contributed by atoms with Gasteiger partial charge in [0.1, 0.15) is 0 Å². The first-order valence-corrected chi connectivity index (χ1v) is 7.07. The number of nitrogens with one attached hydrogen (secondary N) is 1. The molecule has 0 aliphatic rings. The van der Waals surface area contributed by atoms with Gasteiger partial charge in [0.25, 0.3) is 0 Å². The van der Waals surface area contributed by atoms with Crippen LogP contribution in [0.25, 0.3) is 0 Å². The molecule has 3 N–H and O–H groups in total. The van der Waals surface area contributed by atoms with Crippen LogP contribution in [0.3, 0.4) is 0 Å². The molecule has 1 unspecified atom stereocenters. The fourth-order valence-electron chi connectivity index (χ4n) is 1.33. The Hall–Kier alpha value is 0.0569. The quantitative estimate of drug-likeness (QED) is 0.585. The van der Waals surface area contributed by atoms with E-state index in [-0.39, 0.29) is 0 Å². The molecule has 0 amide bonds. The topological polar surface area (TPSA) is 56.5 Å². The van der Waals surface area contributed by atoms with Crippen molar-refractivity contribution >= 4 is 8.56 Å². The standard InChI is InChI=1S/C8H22N2O2Si/c1-5-8(10-7-6-9)13(4,11-2)12-3/h8,10H,5-7,9H2,1-4H3. The lowest BCUT2D eigenvalue weighted by molar-refractivity contribution is 0.228. The van der Waals surface area contributed by atoms with Crippen molar-refractivity contribution in [3.8, 4) is 0 Å². The Labute approximate surface area is 82.0 Å². The van der Waals surface area contributed by atoms with E-state index in [0.29, 0.717) is 12.2 Å². The van der Waals surface area contributed by atoms with E-state index in [0.717, 1.165) is 13.0 Å². The summed E-state index contributed by atoms with van der Waals surface area (Å²) >= 11 is 0. The molecule has 0 heterocycles. The third-order valence-corrected chi connectivity index (χ3v) is 5.89. The van der Waals surface area contributed by atoms with Gasteiger partial charge >= 0.3 is 8.56 Å². The maximum Gasteiger partial charge on any atom is 0.351 e. The predicted molar refractivity (Wildman–Crippen MR) is 56.8 cm³/mol. The Kier molecular flexibility index (Phi) is 6.53. The first-order chi connectivity index (χ1) is 6.14. The summed E-state index contributed by atoms with van der Waals surface area (Å²) in [5.74, 6) is 0. The van der Waals surface area contributed by atoms with Gasteiger partial charge in [0.05, 0.1) is 5.67 Å². The lowest BCUT2D eigenvalue weighted by Gasteiger charge is -2.31. The van der Waals surface area contributed by atoms with Gasteiger partial charge in [-0.3, -0.25) is 0 Å². The van der Waals surface area contributed by atoms with E-state index >= 15 is 0 Å². The molecule has 0 saturated heterocycles. The molecule has 0 rings (SSSR count). The van der Waals surface area contributed by atoms with Crippen molar-refractivity contribution in [2.45, 2.75) is 25.6 Å². The Morgan fingerprint density at radius 1 is 1.38 bits per heavy atom. The van der Waals surface area contributed by atoms with Crippen LogP contribution in [0.15, 0.2) is 0 Å². The van der Waals surface area contributed by atoms with Gasteiger partial charge in [-0.1, -0.05) is 6.92 Å². The SMILES string of the molecule is CCC(NCCN)[Si](C)(OC)OC. The average Bonchev–Trinajstić information content (AvgIpc) is 2.18. The maximum absolute atomic E-state index is 5.45. The second-order valence-corrected chi connectivity index (χ2v) is 6.67. The molecule has 0 radical (unpaired) electrons. The Balaban J connectivity index is 4.16. The van der Waals surface area contributed by atoms with Crippen LogP contribution in [0, 0.1) is 0 Å². The Bertz CT molecular complexity index is 131. The van der Waals surface area contributed by atoms with E-state index < -0.39 is 8.56 Å². The summed E-state index contributed by atoms with van der Waals surface area (Å²) in [4.78, 5) is 0. The minimum Gasteiger partial charge on any atom is -0.397 e. The first kappa shape index (κ1) is 13.1. The van der Waals surface area contributed by atoms with Crippen LogP contribution in [-0.4, -0.2) is 41.5 Å². The van der Waals surface area contributed by atoms with Crippen molar-refractivity contribution in [3.05, 3.63) is 0 Å². The molecule has 80 valence electrons. The second kappa shape index (κ2) is 6.50. The van der Waals surface area contributed by atoms with Gasteiger partial charge in [-0.25, -0.2) is 0 Å². The summed E-state index contributed by atoms with van der Waals surface area (Å²) < 4.78 is 10.9. The number of hydrogen-bond donors (Lipinski definition) is 2. The Morgan fingerprint density at radius 2 is 1.92 bits per heavy atom. The minimum atomic E-state index is -2.03. The zero-order chi connectivity index (χ0) is 10.3. The van der Waals surface area contributed by atoms with Crippen molar-refractivity contribution in [2.24, 2.45) is 5.73 Å². The van der Waals surface area contributed by atoms with Crippen LogP contribution in [-0.2, 0) is 8.85 Å². The van der Waals surface area contributed by atoms with E-state index in [1.54, 1.807) is 14.2 Å². The maximum atomic E-state index is 5.45. The molecule has 0 aromatic carbocycles. The smallest absolute Gasteiger partial charge is 0.351 e. The van der Waals surface area contributed by atoms with Gasteiger partial charge in [0, 0.05) is 27.3 Å². The monoisotopic (exact) mass is 206 g/mol. The van der Waals surface area contributed by atoms with Crippen LogP contribution < -0.4 is 11.1 Å². The van der Waals surface area contributed by atoms with E-state index in [1.807, 2.05) is 0 Å². The van der Waals surface area contributed by atoms with Crippen LogP contribution in [0.4, 0.5) is 0 Å². The third-order valence-electron chi connectivity index (χ3n) is 2.39. The largest absolute Gasteiger partial charge is 0.397 e. The summed E-state index contributed by atoms with van der Waals surface area (Å²) in [6.07, 6.45) is 1.00. The molecule has 13 heavy (non-hydrogen) atoms. The molecule has 0 fully saturated rings. The highest BCUT2D eigenvalue weighted by atomic mass is 28.4. The fourth-order valence-corrected chi connectivity index (χ4v) is 3.32. The highest BCUT2D eigenvalue weighted by Crippen LogP contribution is 2.12. The van der Waals surface area contributed by atoms with Gasteiger partial charge in [0.15, 0.2) is 0 Å². The molecule has 0 aromatic heterocycles. The van der Waals surface area contributed by atoms with Gasteiger partial charge in [-0.05, 0) is 13.0 Å². The average molecular weight is 206 g/mol. The summed E-state index contributed by atoms with van der Waals surface area (Å²) in [5, 5.41) is 3.35. The zero-order valence-corrected chi connectivity index (χ0v) is 10.1. The van der Waals surface area contributed by atoms with Crippen LogP contribution in [0.5, 0.6) is 0 Å². The number of rotatable bonds is 7. The summed E-state index contributed by atoms with van der Waals surface area (Å²) in [7, 11) is 1.39. The molecule has 0 bridgehead atoms. The Morgan fingerprint density at radius 3 is 2.23 bits per heavy atom. The summed E-state index contributed by atoms with van der Waals surface area (Å²) in [6, 6.07) is 0. The molecule has 0 aromatic rings. The van der Waals surface area contributed by atoms with Gasteiger partial charge in [0.2, 0.25) is 0 Å². The second-order valence-electron chi connectivity index (χ2n) is 3.13. The highest BCUT2D eigenvalue weighted by Gasteiger charge is 2.37. The van der Waals surface area contributed by atoms with Gasteiger partial charge in [-0.2, -0.15) is 0 Å². The van der Waals surface area contributed by atoms with Crippen molar-refractivity contribution in [2.75, 3.05) is 27.3 Å². The van der Waals surface area contributed by atoms with Crippen molar-refractivity contribution in [3.63, 3.8) is 0 Å². The van der Waals surface area contributed by atoms with Crippen LogP contribution in [0.1, 0.15) is 13.3 Å². The van der Waals surface area contributed by atoms with Crippen molar-refractivity contribution < 1.29 is 8.85 Å². The molecule has 4 nitrogen and oxygen atoms in total. The lowest BCUT2D eigenvalue weighted by Crippen LogP contribution is -2.56. The molecular weight excluding hydrogens is 184 g/mol. The minimum absolute atomic E-state index is 0.311. The molecule has 0 aliphatic heterocycles. The molecule has 0 spiro atoms.